The van der Waals surface area contributed by atoms with Gasteiger partial charge in [-0.1, -0.05) is 26.3 Å². The fourth-order valence-electron chi connectivity index (χ4n) is 0.778. The first-order valence-electron chi connectivity index (χ1n) is 4.36. The van der Waals surface area contributed by atoms with Gasteiger partial charge < -0.3 is 4.74 Å². The van der Waals surface area contributed by atoms with E-state index >= 15 is 0 Å². The Balaban J connectivity index is 2.33. The van der Waals surface area contributed by atoms with E-state index in [0.717, 1.165) is 18.9 Å². The van der Waals surface area contributed by atoms with E-state index in [9.17, 15) is 0 Å². The molecule has 66 valence electrons. The van der Waals surface area contributed by atoms with Gasteiger partial charge in [-0.05, 0) is 12.0 Å². The van der Waals surface area contributed by atoms with Crippen LogP contribution in [-0.2, 0) is 0 Å². The lowest BCUT2D eigenvalue weighted by atomic mass is 10.1. The van der Waals surface area contributed by atoms with Gasteiger partial charge in [-0.2, -0.15) is 0 Å². The van der Waals surface area contributed by atoms with Crippen LogP contribution in [0.5, 0.6) is 5.88 Å². The molecular formula is C10H15NO. The minimum absolute atomic E-state index is 0.604. The topological polar surface area (TPSA) is 22.1 Å². The van der Waals surface area contributed by atoms with Crippen LogP contribution in [0.1, 0.15) is 20.3 Å². The Bertz CT molecular complexity index is 210. The van der Waals surface area contributed by atoms with Crippen molar-refractivity contribution in [3.05, 3.63) is 24.4 Å². The molecule has 0 saturated carbocycles. The second-order valence-corrected chi connectivity index (χ2v) is 2.99. The van der Waals surface area contributed by atoms with Crippen LogP contribution in [0.2, 0.25) is 0 Å². The third-order valence-corrected chi connectivity index (χ3v) is 1.85. The van der Waals surface area contributed by atoms with Gasteiger partial charge in [0.1, 0.15) is 0 Å². The van der Waals surface area contributed by atoms with Crippen LogP contribution in [0, 0.1) is 5.92 Å². The maximum atomic E-state index is 5.45. The zero-order chi connectivity index (χ0) is 8.81. The van der Waals surface area contributed by atoms with Crippen LogP contribution in [0.15, 0.2) is 24.4 Å². The van der Waals surface area contributed by atoms with Gasteiger partial charge in [0.15, 0.2) is 0 Å². The van der Waals surface area contributed by atoms with Crippen molar-refractivity contribution in [2.75, 3.05) is 6.61 Å². The van der Waals surface area contributed by atoms with Gasteiger partial charge >= 0.3 is 0 Å². The monoisotopic (exact) mass is 165 g/mol. The van der Waals surface area contributed by atoms with E-state index in [0.29, 0.717) is 5.92 Å². The van der Waals surface area contributed by atoms with Gasteiger partial charge in [0.05, 0.1) is 6.61 Å². The number of aromatic nitrogens is 1. The molecule has 1 unspecified atom stereocenters. The molecule has 1 atom stereocenters. The van der Waals surface area contributed by atoms with Gasteiger partial charge in [0, 0.05) is 12.3 Å². The number of rotatable bonds is 4. The van der Waals surface area contributed by atoms with Crippen molar-refractivity contribution in [3.63, 3.8) is 0 Å². The summed E-state index contributed by atoms with van der Waals surface area (Å²) in [6.07, 6.45) is 2.89. The van der Waals surface area contributed by atoms with E-state index in [4.69, 9.17) is 4.74 Å². The van der Waals surface area contributed by atoms with Crippen LogP contribution >= 0.6 is 0 Å². The third-order valence-electron chi connectivity index (χ3n) is 1.85. The quantitative estimate of drug-likeness (QED) is 0.684. The summed E-state index contributed by atoms with van der Waals surface area (Å²) >= 11 is 0. The van der Waals surface area contributed by atoms with Gasteiger partial charge in [0.2, 0.25) is 5.88 Å². The molecule has 0 bridgehead atoms. The first-order chi connectivity index (χ1) is 5.83. The van der Waals surface area contributed by atoms with Crippen LogP contribution in [-0.4, -0.2) is 11.6 Å². The molecule has 0 saturated heterocycles. The Morgan fingerprint density at radius 3 is 2.92 bits per heavy atom. The summed E-state index contributed by atoms with van der Waals surface area (Å²) in [5, 5.41) is 0. The van der Waals surface area contributed by atoms with Crippen molar-refractivity contribution in [3.8, 4) is 5.88 Å². The van der Waals surface area contributed by atoms with Crippen LogP contribution in [0.3, 0.4) is 0 Å². The minimum Gasteiger partial charge on any atom is -0.477 e. The highest BCUT2D eigenvalue weighted by atomic mass is 16.5. The molecule has 0 amide bonds. The summed E-state index contributed by atoms with van der Waals surface area (Å²) in [7, 11) is 0. The highest BCUT2D eigenvalue weighted by Crippen LogP contribution is 2.07. The van der Waals surface area contributed by atoms with E-state index < -0.39 is 0 Å². The lowest BCUT2D eigenvalue weighted by Gasteiger charge is -2.09. The first-order valence-corrected chi connectivity index (χ1v) is 4.36. The third kappa shape index (κ3) is 2.91. The van der Waals surface area contributed by atoms with Gasteiger partial charge in [-0.25, -0.2) is 4.98 Å². The Morgan fingerprint density at radius 1 is 1.50 bits per heavy atom. The van der Waals surface area contributed by atoms with Crippen LogP contribution in [0.4, 0.5) is 0 Å². The highest BCUT2D eigenvalue weighted by molar-refractivity contribution is 5.08. The predicted octanol–water partition coefficient (Wildman–Crippen LogP) is 2.51. The zero-order valence-electron chi connectivity index (χ0n) is 7.66. The fraction of sp³-hybridized carbons (Fsp3) is 0.500. The average Bonchev–Trinajstić information content (AvgIpc) is 2.16. The molecule has 1 heterocycles. The molecular weight excluding hydrogens is 150 g/mol. The fourth-order valence-corrected chi connectivity index (χ4v) is 0.778. The van der Waals surface area contributed by atoms with Crippen molar-refractivity contribution >= 4 is 0 Å². The van der Waals surface area contributed by atoms with Gasteiger partial charge in [0.25, 0.3) is 0 Å². The molecule has 0 fully saturated rings. The van der Waals surface area contributed by atoms with Crippen molar-refractivity contribution in [1.29, 1.82) is 0 Å². The molecule has 0 spiro atoms. The molecule has 1 rings (SSSR count). The Kier molecular flexibility index (Phi) is 3.58. The van der Waals surface area contributed by atoms with Crippen molar-refractivity contribution in [1.82, 2.24) is 4.98 Å². The molecule has 0 N–H and O–H groups in total. The standard InChI is InChI=1S/C10H15NO/c1-3-9(2)8-12-10-6-4-5-7-11-10/h4-7,9H,3,8H2,1-2H3. The second kappa shape index (κ2) is 4.75. The predicted molar refractivity (Wildman–Crippen MR) is 49.2 cm³/mol. The zero-order valence-corrected chi connectivity index (χ0v) is 7.66. The van der Waals surface area contributed by atoms with E-state index in [2.05, 4.69) is 18.8 Å². The number of pyridine rings is 1. The molecule has 0 aliphatic heterocycles. The molecule has 0 aromatic carbocycles. The maximum absolute atomic E-state index is 5.45. The van der Waals surface area contributed by atoms with Crippen molar-refractivity contribution < 1.29 is 4.74 Å². The Morgan fingerprint density at radius 2 is 2.33 bits per heavy atom. The largest absolute Gasteiger partial charge is 0.477 e. The number of hydrogen-bond donors (Lipinski definition) is 0. The highest BCUT2D eigenvalue weighted by Gasteiger charge is 1.99. The molecule has 1 aromatic heterocycles. The summed E-state index contributed by atoms with van der Waals surface area (Å²) in [6, 6.07) is 5.69. The van der Waals surface area contributed by atoms with Gasteiger partial charge in [-0.3, -0.25) is 0 Å². The van der Waals surface area contributed by atoms with E-state index in [-0.39, 0.29) is 0 Å². The molecule has 0 radical (unpaired) electrons. The van der Waals surface area contributed by atoms with Crippen molar-refractivity contribution in [2.24, 2.45) is 5.92 Å². The molecule has 2 heteroatoms. The summed E-state index contributed by atoms with van der Waals surface area (Å²) in [5.41, 5.74) is 0. The molecule has 2 nitrogen and oxygen atoms in total. The second-order valence-electron chi connectivity index (χ2n) is 2.99. The van der Waals surface area contributed by atoms with Crippen molar-refractivity contribution in [2.45, 2.75) is 20.3 Å². The normalized spacial score (nSPS) is 12.5. The van der Waals surface area contributed by atoms with Crippen LogP contribution < -0.4 is 4.74 Å². The Labute approximate surface area is 73.6 Å². The van der Waals surface area contributed by atoms with E-state index in [1.807, 2.05) is 18.2 Å². The molecule has 1 aromatic rings. The summed E-state index contributed by atoms with van der Waals surface area (Å²) in [4.78, 5) is 4.06. The Hall–Kier alpha value is -1.05. The number of nitrogens with zero attached hydrogens (tertiary/aromatic N) is 1. The SMILES string of the molecule is CCC(C)COc1ccccn1. The van der Waals surface area contributed by atoms with Gasteiger partial charge in [-0.15, -0.1) is 0 Å². The smallest absolute Gasteiger partial charge is 0.213 e. The number of hydrogen-bond acceptors (Lipinski definition) is 2. The average molecular weight is 165 g/mol. The summed E-state index contributed by atoms with van der Waals surface area (Å²) in [5.74, 6) is 1.32. The lowest BCUT2D eigenvalue weighted by Crippen LogP contribution is -2.07. The van der Waals surface area contributed by atoms with Crippen LogP contribution in [0.25, 0.3) is 0 Å². The molecule has 0 aliphatic carbocycles. The summed E-state index contributed by atoms with van der Waals surface area (Å²) < 4.78 is 5.45. The molecule has 0 aliphatic rings. The summed E-state index contributed by atoms with van der Waals surface area (Å²) in [6.45, 7) is 5.09. The lowest BCUT2D eigenvalue weighted by molar-refractivity contribution is 0.248. The molecule has 12 heavy (non-hydrogen) atoms. The number of ether oxygens (including phenoxy) is 1. The van der Waals surface area contributed by atoms with E-state index in [1.165, 1.54) is 0 Å². The van der Waals surface area contributed by atoms with E-state index in [1.54, 1.807) is 6.20 Å². The first kappa shape index (κ1) is 9.04. The maximum Gasteiger partial charge on any atom is 0.213 e. The minimum atomic E-state index is 0.604.